The number of aryl methyl sites for hydroxylation is 1. The summed E-state index contributed by atoms with van der Waals surface area (Å²) in [7, 11) is 0. The average Bonchev–Trinajstić information content (AvgIpc) is 2.25. The Hall–Kier alpha value is -0.800. The molecule has 0 aliphatic heterocycles. The second kappa shape index (κ2) is 5.93. The van der Waals surface area contributed by atoms with E-state index in [0.717, 1.165) is 11.1 Å². The summed E-state index contributed by atoms with van der Waals surface area (Å²) >= 11 is 1.49. The van der Waals surface area contributed by atoms with Crippen molar-refractivity contribution in [1.29, 1.82) is 0 Å². The Morgan fingerprint density at radius 3 is 2.87 bits per heavy atom. The third-order valence-corrected chi connectivity index (χ3v) is 3.24. The maximum absolute atomic E-state index is 11.7. The highest BCUT2D eigenvalue weighted by Crippen LogP contribution is 2.13. The van der Waals surface area contributed by atoms with E-state index >= 15 is 0 Å². The van der Waals surface area contributed by atoms with Gasteiger partial charge in [0.15, 0.2) is 5.78 Å². The molecular weight excluding hydrogens is 208 g/mol. The lowest BCUT2D eigenvalue weighted by atomic mass is 10.1. The van der Waals surface area contributed by atoms with Gasteiger partial charge in [-0.25, -0.2) is 0 Å². The molecule has 0 aliphatic carbocycles. The number of thioether (sulfide) groups is 1. The summed E-state index contributed by atoms with van der Waals surface area (Å²) in [4.78, 5) is 11.7. The summed E-state index contributed by atoms with van der Waals surface area (Å²) in [6.07, 6.45) is 0. The van der Waals surface area contributed by atoms with Crippen molar-refractivity contribution < 1.29 is 9.90 Å². The average molecular weight is 224 g/mol. The van der Waals surface area contributed by atoms with Crippen LogP contribution in [0.15, 0.2) is 24.3 Å². The molecule has 0 aliphatic rings. The summed E-state index contributed by atoms with van der Waals surface area (Å²) in [5.74, 6) is 0.564. The second-order valence-electron chi connectivity index (χ2n) is 3.60. The summed E-state index contributed by atoms with van der Waals surface area (Å²) in [5, 5.41) is 8.95. The van der Waals surface area contributed by atoms with Crippen LogP contribution in [0.3, 0.4) is 0 Å². The van der Waals surface area contributed by atoms with Crippen LogP contribution in [0.1, 0.15) is 22.8 Å². The van der Waals surface area contributed by atoms with Gasteiger partial charge in [0.05, 0.1) is 12.4 Å². The Morgan fingerprint density at radius 2 is 2.27 bits per heavy atom. The van der Waals surface area contributed by atoms with E-state index in [1.54, 1.807) is 0 Å². The van der Waals surface area contributed by atoms with Crippen LogP contribution < -0.4 is 0 Å². The van der Waals surface area contributed by atoms with E-state index in [4.69, 9.17) is 5.11 Å². The van der Waals surface area contributed by atoms with Gasteiger partial charge < -0.3 is 5.11 Å². The Bertz CT molecular complexity index is 336. The summed E-state index contributed by atoms with van der Waals surface area (Å²) in [6.45, 7) is 4.00. The molecule has 0 saturated heterocycles. The number of aliphatic hydroxyl groups excluding tert-OH is 1. The van der Waals surface area contributed by atoms with Gasteiger partial charge in [-0.05, 0) is 13.0 Å². The molecule has 15 heavy (non-hydrogen) atoms. The molecule has 0 aromatic heterocycles. The van der Waals surface area contributed by atoms with Gasteiger partial charge in [0, 0.05) is 10.8 Å². The zero-order valence-corrected chi connectivity index (χ0v) is 9.88. The summed E-state index contributed by atoms with van der Waals surface area (Å²) in [6, 6.07) is 7.59. The van der Waals surface area contributed by atoms with Crippen LogP contribution in [0.4, 0.5) is 0 Å². The van der Waals surface area contributed by atoms with Gasteiger partial charge in [0.25, 0.3) is 0 Å². The Labute approximate surface area is 94.7 Å². The molecule has 0 heterocycles. The van der Waals surface area contributed by atoms with E-state index in [1.807, 2.05) is 38.1 Å². The van der Waals surface area contributed by atoms with E-state index < -0.39 is 0 Å². The van der Waals surface area contributed by atoms with Crippen molar-refractivity contribution in [3.8, 4) is 0 Å². The lowest BCUT2D eigenvalue weighted by molar-refractivity contribution is 0.102. The number of benzene rings is 1. The van der Waals surface area contributed by atoms with E-state index in [1.165, 1.54) is 11.8 Å². The van der Waals surface area contributed by atoms with Crippen LogP contribution in [0.2, 0.25) is 0 Å². The van der Waals surface area contributed by atoms with Gasteiger partial charge in [0.2, 0.25) is 0 Å². The predicted octanol–water partition coefficient (Wildman–Crippen LogP) is 2.29. The zero-order chi connectivity index (χ0) is 11.3. The molecule has 1 aromatic carbocycles. The minimum Gasteiger partial charge on any atom is -0.395 e. The molecule has 0 saturated carbocycles. The fourth-order valence-electron chi connectivity index (χ4n) is 1.17. The largest absolute Gasteiger partial charge is 0.395 e. The minimum absolute atomic E-state index is 0.117. The van der Waals surface area contributed by atoms with E-state index in [9.17, 15) is 4.79 Å². The number of carbonyl (C=O) groups excluding carboxylic acids is 1. The fraction of sp³-hybridized carbons (Fsp3) is 0.417. The van der Waals surface area contributed by atoms with Crippen LogP contribution in [0.5, 0.6) is 0 Å². The van der Waals surface area contributed by atoms with Crippen molar-refractivity contribution >= 4 is 17.5 Å². The molecule has 1 unspecified atom stereocenters. The molecular formula is C12H16O2S. The first-order chi connectivity index (χ1) is 7.13. The Balaban J connectivity index is 2.54. The number of Topliss-reactive ketones (excluding diaryl/α,β-unsaturated/α-hetero) is 1. The number of rotatable bonds is 5. The monoisotopic (exact) mass is 224 g/mol. The van der Waals surface area contributed by atoms with Crippen LogP contribution in [-0.2, 0) is 0 Å². The van der Waals surface area contributed by atoms with Gasteiger partial charge in [0.1, 0.15) is 0 Å². The van der Waals surface area contributed by atoms with Gasteiger partial charge >= 0.3 is 0 Å². The molecule has 2 nitrogen and oxygen atoms in total. The summed E-state index contributed by atoms with van der Waals surface area (Å²) in [5.41, 5.74) is 1.86. The van der Waals surface area contributed by atoms with Crippen molar-refractivity contribution in [2.75, 3.05) is 12.4 Å². The first-order valence-electron chi connectivity index (χ1n) is 4.96. The maximum atomic E-state index is 11.7. The number of ketones is 1. The van der Waals surface area contributed by atoms with Gasteiger partial charge in [-0.15, -0.1) is 11.8 Å². The Kier molecular flexibility index (Phi) is 4.85. The molecule has 3 heteroatoms. The first kappa shape index (κ1) is 12.3. The van der Waals surface area contributed by atoms with Gasteiger partial charge in [-0.2, -0.15) is 0 Å². The standard InChI is InChI=1S/C12H16O2S/c1-9-4-3-5-11(6-9)12(14)8-15-10(2)7-13/h3-6,10,13H,7-8H2,1-2H3. The minimum atomic E-state index is 0.117. The lowest BCUT2D eigenvalue weighted by Crippen LogP contribution is -2.09. The van der Waals surface area contributed by atoms with Crippen molar-refractivity contribution in [2.45, 2.75) is 19.1 Å². The molecule has 82 valence electrons. The molecule has 1 atom stereocenters. The van der Waals surface area contributed by atoms with Crippen molar-refractivity contribution in [1.82, 2.24) is 0 Å². The second-order valence-corrected chi connectivity index (χ2v) is 5.02. The molecule has 1 aromatic rings. The quantitative estimate of drug-likeness (QED) is 0.780. The zero-order valence-electron chi connectivity index (χ0n) is 9.06. The SMILES string of the molecule is Cc1cccc(C(=O)CSC(C)CO)c1. The topological polar surface area (TPSA) is 37.3 Å². The van der Waals surface area contributed by atoms with Crippen molar-refractivity contribution in [3.05, 3.63) is 35.4 Å². The number of hydrogen-bond acceptors (Lipinski definition) is 3. The van der Waals surface area contributed by atoms with E-state index in [2.05, 4.69) is 0 Å². The van der Waals surface area contributed by atoms with Crippen molar-refractivity contribution in [2.24, 2.45) is 0 Å². The smallest absolute Gasteiger partial charge is 0.172 e. The predicted molar refractivity (Wildman–Crippen MR) is 64.5 cm³/mol. The molecule has 0 bridgehead atoms. The molecule has 0 spiro atoms. The number of hydrogen-bond donors (Lipinski definition) is 1. The highest BCUT2D eigenvalue weighted by molar-refractivity contribution is 8.00. The number of aliphatic hydroxyl groups is 1. The van der Waals surface area contributed by atoms with Crippen LogP contribution in [0, 0.1) is 6.92 Å². The van der Waals surface area contributed by atoms with Gasteiger partial charge in [-0.3, -0.25) is 4.79 Å². The molecule has 1 N–H and O–H groups in total. The third kappa shape index (κ3) is 4.06. The van der Waals surface area contributed by atoms with Gasteiger partial charge in [-0.1, -0.05) is 30.7 Å². The normalized spacial score (nSPS) is 12.5. The lowest BCUT2D eigenvalue weighted by Gasteiger charge is -2.06. The highest BCUT2D eigenvalue weighted by atomic mass is 32.2. The molecule has 0 radical (unpaired) electrons. The summed E-state index contributed by atoms with van der Waals surface area (Å²) < 4.78 is 0. The maximum Gasteiger partial charge on any atom is 0.172 e. The van der Waals surface area contributed by atoms with Crippen LogP contribution in [-0.4, -0.2) is 28.5 Å². The van der Waals surface area contributed by atoms with Crippen LogP contribution >= 0.6 is 11.8 Å². The van der Waals surface area contributed by atoms with E-state index in [-0.39, 0.29) is 17.6 Å². The van der Waals surface area contributed by atoms with Crippen molar-refractivity contribution in [3.63, 3.8) is 0 Å². The fourth-order valence-corrected chi connectivity index (χ4v) is 1.88. The van der Waals surface area contributed by atoms with Crippen LogP contribution in [0.25, 0.3) is 0 Å². The molecule has 0 fully saturated rings. The molecule has 0 amide bonds. The van der Waals surface area contributed by atoms with E-state index in [0.29, 0.717) is 5.75 Å². The Morgan fingerprint density at radius 1 is 1.53 bits per heavy atom. The highest BCUT2D eigenvalue weighted by Gasteiger charge is 2.08. The first-order valence-corrected chi connectivity index (χ1v) is 6.00. The molecule has 1 rings (SSSR count). The number of carbonyl (C=O) groups is 1. The third-order valence-electron chi connectivity index (χ3n) is 2.10.